The van der Waals surface area contributed by atoms with Gasteiger partial charge in [-0.3, -0.25) is 4.79 Å². The summed E-state index contributed by atoms with van der Waals surface area (Å²) in [4.78, 5) is 23.7. The Bertz CT molecular complexity index is 1000. The van der Waals surface area contributed by atoms with E-state index in [1.165, 1.54) is 12.1 Å². The first-order valence-corrected chi connectivity index (χ1v) is 7.99. The van der Waals surface area contributed by atoms with Crippen molar-refractivity contribution in [2.45, 2.75) is 26.7 Å². The molecule has 0 aliphatic heterocycles. The second-order valence-electron chi connectivity index (χ2n) is 5.80. The van der Waals surface area contributed by atoms with Gasteiger partial charge in [0.1, 0.15) is 17.1 Å². The third kappa shape index (κ3) is 3.60. The number of aryl methyl sites for hydroxylation is 2. The molecule has 1 aromatic heterocycles. The van der Waals surface area contributed by atoms with Gasteiger partial charge in [0.05, 0.1) is 6.42 Å². The van der Waals surface area contributed by atoms with Crippen molar-refractivity contribution in [2.24, 2.45) is 0 Å². The zero-order valence-electron chi connectivity index (χ0n) is 14.0. The summed E-state index contributed by atoms with van der Waals surface area (Å²) in [6.45, 7) is 3.76. The Kier molecular flexibility index (Phi) is 4.65. The summed E-state index contributed by atoms with van der Waals surface area (Å²) >= 11 is 0. The Balaban J connectivity index is 1.93. The van der Waals surface area contributed by atoms with Crippen LogP contribution in [0, 0.1) is 12.7 Å². The number of benzene rings is 2. The highest BCUT2D eigenvalue weighted by atomic mass is 19.1. The number of carbonyl (C=O) groups is 1. The lowest BCUT2D eigenvalue weighted by Gasteiger charge is -2.11. The molecule has 0 bridgehead atoms. The Labute approximate surface area is 143 Å². The van der Waals surface area contributed by atoms with E-state index < -0.39 is 17.4 Å². The Morgan fingerprint density at radius 1 is 1.16 bits per heavy atom. The quantitative estimate of drug-likeness (QED) is 0.410. The van der Waals surface area contributed by atoms with Gasteiger partial charge in [0.2, 0.25) is 0 Å². The predicted molar refractivity (Wildman–Crippen MR) is 92.3 cm³/mol. The second-order valence-corrected chi connectivity index (χ2v) is 5.80. The molecule has 0 saturated heterocycles. The summed E-state index contributed by atoms with van der Waals surface area (Å²) in [7, 11) is 0. The van der Waals surface area contributed by atoms with Gasteiger partial charge in [-0.1, -0.05) is 25.1 Å². The molecule has 25 heavy (non-hydrogen) atoms. The maximum atomic E-state index is 13.7. The highest BCUT2D eigenvalue weighted by Gasteiger charge is 2.14. The maximum Gasteiger partial charge on any atom is 0.336 e. The molecule has 0 N–H and O–H groups in total. The van der Waals surface area contributed by atoms with E-state index in [2.05, 4.69) is 0 Å². The van der Waals surface area contributed by atoms with Crippen molar-refractivity contribution in [3.63, 3.8) is 0 Å². The van der Waals surface area contributed by atoms with Crippen LogP contribution in [-0.2, 0) is 17.6 Å². The van der Waals surface area contributed by atoms with E-state index in [1.807, 2.05) is 19.9 Å². The van der Waals surface area contributed by atoms with Crippen LogP contribution >= 0.6 is 0 Å². The molecule has 0 spiro atoms. The van der Waals surface area contributed by atoms with Gasteiger partial charge >= 0.3 is 11.6 Å². The van der Waals surface area contributed by atoms with Gasteiger partial charge in [0, 0.05) is 17.5 Å². The highest BCUT2D eigenvalue weighted by molar-refractivity contribution is 5.84. The summed E-state index contributed by atoms with van der Waals surface area (Å²) in [6.07, 6.45) is 0.461. The van der Waals surface area contributed by atoms with Gasteiger partial charge in [0.15, 0.2) is 0 Å². The molecule has 2 aromatic carbocycles. The molecule has 0 saturated carbocycles. The standard InChI is InChI=1S/C20H17FO4/c1-3-13-9-15-12(2)8-19(22)25-18(15)11-17(13)24-20(23)10-14-6-4-5-7-16(14)21/h4-9,11H,3,10H2,1-2H3. The van der Waals surface area contributed by atoms with Crippen molar-refractivity contribution in [3.8, 4) is 5.75 Å². The molecule has 1 heterocycles. The van der Waals surface area contributed by atoms with Gasteiger partial charge < -0.3 is 9.15 Å². The highest BCUT2D eigenvalue weighted by Crippen LogP contribution is 2.28. The van der Waals surface area contributed by atoms with Crippen LogP contribution in [0.2, 0.25) is 0 Å². The molecule has 0 amide bonds. The van der Waals surface area contributed by atoms with Crippen molar-refractivity contribution in [1.29, 1.82) is 0 Å². The number of hydrogen-bond donors (Lipinski definition) is 0. The summed E-state index contributed by atoms with van der Waals surface area (Å²) in [5, 5.41) is 0.797. The second kappa shape index (κ2) is 6.89. The smallest absolute Gasteiger partial charge is 0.336 e. The van der Waals surface area contributed by atoms with Crippen molar-refractivity contribution in [3.05, 3.63) is 75.4 Å². The normalized spacial score (nSPS) is 10.8. The molecular formula is C20H17FO4. The fraction of sp³-hybridized carbons (Fsp3) is 0.200. The van der Waals surface area contributed by atoms with E-state index in [1.54, 1.807) is 24.3 Å². The molecule has 3 aromatic rings. The number of carbonyl (C=O) groups excluding carboxylic acids is 1. The molecule has 5 heteroatoms. The van der Waals surface area contributed by atoms with Gasteiger partial charge in [-0.25, -0.2) is 9.18 Å². The Hall–Kier alpha value is -2.95. The topological polar surface area (TPSA) is 56.5 Å². The summed E-state index contributed by atoms with van der Waals surface area (Å²) in [5.74, 6) is -0.700. The molecule has 0 atom stereocenters. The van der Waals surface area contributed by atoms with Crippen LogP contribution in [0.15, 0.2) is 51.7 Å². The lowest BCUT2D eigenvalue weighted by Crippen LogP contribution is -2.13. The summed E-state index contributed by atoms with van der Waals surface area (Å²) in [5.41, 5.74) is 1.78. The minimum atomic E-state index is -0.575. The SMILES string of the molecule is CCc1cc2c(C)cc(=O)oc2cc1OC(=O)Cc1ccccc1F. The third-order valence-corrected chi connectivity index (χ3v) is 4.03. The molecule has 128 valence electrons. The first kappa shape index (κ1) is 16.9. The molecule has 4 nitrogen and oxygen atoms in total. The third-order valence-electron chi connectivity index (χ3n) is 4.03. The fourth-order valence-corrected chi connectivity index (χ4v) is 2.72. The number of fused-ring (bicyclic) bond motifs is 1. The van der Waals surface area contributed by atoms with Crippen LogP contribution in [0.3, 0.4) is 0 Å². The van der Waals surface area contributed by atoms with Crippen LogP contribution < -0.4 is 10.4 Å². The zero-order chi connectivity index (χ0) is 18.0. The van der Waals surface area contributed by atoms with E-state index >= 15 is 0 Å². The summed E-state index contributed by atoms with van der Waals surface area (Å²) < 4.78 is 24.3. The lowest BCUT2D eigenvalue weighted by atomic mass is 10.1. The Morgan fingerprint density at radius 2 is 1.92 bits per heavy atom. The first-order valence-electron chi connectivity index (χ1n) is 7.99. The first-order chi connectivity index (χ1) is 12.0. The van der Waals surface area contributed by atoms with Gasteiger partial charge in [-0.05, 0) is 42.2 Å². The number of hydrogen-bond acceptors (Lipinski definition) is 4. The van der Waals surface area contributed by atoms with Crippen molar-refractivity contribution >= 4 is 16.9 Å². The van der Waals surface area contributed by atoms with E-state index in [0.717, 1.165) is 16.5 Å². The van der Waals surface area contributed by atoms with Crippen molar-refractivity contribution in [1.82, 2.24) is 0 Å². The van der Waals surface area contributed by atoms with Crippen LogP contribution in [0.25, 0.3) is 11.0 Å². The van der Waals surface area contributed by atoms with E-state index in [0.29, 0.717) is 17.8 Å². The summed E-state index contributed by atoms with van der Waals surface area (Å²) in [6, 6.07) is 10.9. The van der Waals surface area contributed by atoms with E-state index in [4.69, 9.17) is 9.15 Å². The zero-order valence-corrected chi connectivity index (χ0v) is 14.0. The molecule has 0 aliphatic rings. The van der Waals surface area contributed by atoms with E-state index in [9.17, 15) is 14.0 Å². The van der Waals surface area contributed by atoms with Crippen LogP contribution in [0.4, 0.5) is 4.39 Å². The molecule has 0 unspecified atom stereocenters. The van der Waals surface area contributed by atoms with Crippen molar-refractivity contribution in [2.75, 3.05) is 0 Å². The predicted octanol–water partition coefficient (Wildman–Crippen LogP) is 3.95. The van der Waals surface area contributed by atoms with Gasteiger partial charge in [-0.2, -0.15) is 0 Å². The Morgan fingerprint density at radius 3 is 2.64 bits per heavy atom. The molecule has 3 rings (SSSR count). The minimum Gasteiger partial charge on any atom is -0.426 e. The van der Waals surface area contributed by atoms with Crippen LogP contribution in [0.1, 0.15) is 23.6 Å². The maximum absolute atomic E-state index is 13.7. The molecule has 0 radical (unpaired) electrons. The molecule has 0 aliphatic carbocycles. The number of ether oxygens (including phenoxy) is 1. The minimum absolute atomic E-state index is 0.175. The van der Waals surface area contributed by atoms with Gasteiger partial charge in [0.25, 0.3) is 0 Å². The monoisotopic (exact) mass is 340 g/mol. The van der Waals surface area contributed by atoms with Crippen LogP contribution in [-0.4, -0.2) is 5.97 Å². The number of rotatable bonds is 4. The molecular weight excluding hydrogens is 323 g/mol. The molecule has 0 fully saturated rings. The van der Waals surface area contributed by atoms with Gasteiger partial charge in [-0.15, -0.1) is 0 Å². The number of halogens is 1. The largest absolute Gasteiger partial charge is 0.426 e. The van der Waals surface area contributed by atoms with Crippen molar-refractivity contribution < 1.29 is 18.3 Å². The van der Waals surface area contributed by atoms with Crippen LogP contribution in [0.5, 0.6) is 5.75 Å². The van der Waals surface area contributed by atoms with E-state index in [-0.39, 0.29) is 12.0 Å². The average Bonchev–Trinajstić information content (AvgIpc) is 2.56. The fourth-order valence-electron chi connectivity index (χ4n) is 2.72. The lowest BCUT2D eigenvalue weighted by molar-refractivity contribution is -0.133. The average molecular weight is 340 g/mol. The number of esters is 1.